The molecule has 12 heteroatoms. The zero-order chi connectivity index (χ0) is 23.5. The third kappa shape index (κ3) is 4.79. The number of carbonyl (C=O) groups is 1. The fourth-order valence-corrected chi connectivity index (χ4v) is 4.83. The molecule has 0 saturated heterocycles. The lowest BCUT2D eigenvalue weighted by Gasteiger charge is -2.30. The molecule has 2 aromatic heterocycles. The fourth-order valence-electron chi connectivity index (χ4n) is 3.56. The molecule has 3 rings (SSSR count). The summed E-state index contributed by atoms with van der Waals surface area (Å²) in [6.45, 7) is 7.34. The molecule has 2 amide bonds. The van der Waals surface area contributed by atoms with Gasteiger partial charge in [0.25, 0.3) is 5.56 Å². The van der Waals surface area contributed by atoms with Crippen LogP contribution in [0.5, 0.6) is 0 Å². The molecular weight excluding hydrogens is 435 g/mol. The molecule has 2 heterocycles. The van der Waals surface area contributed by atoms with Crippen molar-refractivity contribution in [2.45, 2.75) is 71.9 Å². The van der Waals surface area contributed by atoms with E-state index in [1.807, 2.05) is 27.7 Å². The maximum absolute atomic E-state index is 13.3. The Morgan fingerprint density at radius 3 is 2.32 bits per heavy atom. The summed E-state index contributed by atoms with van der Waals surface area (Å²) < 4.78 is 41.4. The number of fused-ring (bicyclic) bond motifs is 1. The summed E-state index contributed by atoms with van der Waals surface area (Å²) in [5.41, 5.74) is 6.75. The second kappa shape index (κ2) is 7.66. The summed E-state index contributed by atoms with van der Waals surface area (Å²) in [4.78, 5) is 38.3. The number of thiophene rings is 1. The Morgan fingerprint density at radius 2 is 1.87 bits per heavy atom. The molecule has 2 atom stereocenters. The van der Waals surface area contributed by atoms with Crippen molar-refractivity contribution in [3.63, 3.8) is 0 Å². The number of hydrogen-bond acceptors (Lipinski definition) is 5. The van der Waals surface area contributed by atoms with Gasteiger partial charge in [-0.2, -0.15) is 13.2 Å². The molecule has 0 spiro atoms. The number of aryl methyl sites for hydroxylation is 1. The first-order chi connectivity index (χ1) is 14.1. The van der Waals surface area contributed by atoms with Gasteiger partial charge in [0, 0.05) is 16.5 Å². The molecule has 172 valence electrons. The van der Waals surface area contributed by atoms with Crippen LogP contribution >= 0.6 is 11.3 Å². The molecule has 1 aliphatic rings. The Kier molecular flexibility index (Phi) is 5.76. The van der Waals surface area contributed by atoms with Gasteiger partial charge in [-0.3, -0.25) is 18.9 Å². The van der Waals surface area contributed by atoms with Gasteiger partial charge >= 0.3 is 17.9 Å². The minimum absolute atomic E-state index is 0.0435. The van der Waals surface area contributed by atoms with E-state index in [1.54, 1.807) is 6.92 Å². The monoisotopic (exact) mass is 461 g/mol. The summed E-state index contributed by atoms with van der Waals surface area (Å²) in [7, 11) is 0. The number of nitrogens with zero attached hydrogens (tertiary/aromatic N) is 3. The van der Waals surface area contributed by atoms with Crippen molar-refractivity contribution in [1.29, 1.82) is 0 Å². The van der Waals surface area contributed by atoms with E-state index in [0.717, 1.165) is 20.9 Å². The molecule has 0 radical (unpaired) electrons. The Labute approximate surface area is 180 Å². The van der Waals surface area contributed by atoms with Crippen molar-refractivity contribution < 1.29 is 18.0 Å². The summed E-state index contributed by atoms with van der Waals surface area (Å²) in [5.74, 6) is 0.0435. The number of primary amides is 1. The van der Waals surface area contributed by atoms with E-state index in [1.165, 1.54) is 0 Å². The number of nitrogens with two attached hydrogens (primary N) is 1. The molecule has 1 aliphatic carbocycles. The molecule has 1 fully saturated rings. The van der Waals surface area contributed by atoms with Gasteiger partial charge in [-0.05, 0) is 45.6 Å². The lowest BCUT2D eigenvalue weighted by atomic mass is 10.1. The number of alkyl halides is 3. The molecule has 0 unspecified atom stereocenters. The molecule has 1 saturated carbocycles. The van der Waals surface area contributed by atoms with Crippen LogP contribution in [0, 0.1) is 12.8 Å². The van der Waals surface area contributed by atoms with E-state index in [0.29, 0.717) is 21.4 Å². The zero-order valence-corrected chi connectivity index (χ0v) is 18.8. The van der Waals surface area contributed by atoms with Crippen LogP contribution < -0.4 is 22.4 Å². The number of carbonyl (C=O) groups excluding carboxylic acids is 1. The smallest absolute Gasteiger partial charge is 0.350 e. The van der Waals surface area contributed by atoms with Crippen molar-refractivity contribution >= 4 is 27.6 Å². The number of halogens is 3. The summed E-state index contributed by atoms with van der Waals surface area (Å²) >= 11 is 0.893. The highest BCUT2D eigenvalue weighted by molar-refractivity contribution is 7.18. The van der Waals surface area contributed by atoms with Crippen LogP contribution in [0.4, 0.5) is 18.0 Å². The van der Waals surface area contributed by atoms with Crippen LogP contribution in [0.15, 0.2) is 9.59 Å². The molecular formula is C19H26F3N5O3S. The molecule has 8 nitrogen and oxygen atoms in total. The Balaban J connectivity index is 2.21. The molecule has 3 N–H and O–H groups in total. The van der Waals surface area contributed by atoms with Gasteiger partial charge in [-0.25, -0.2) is 15.0 Å². The Bertz CT molecular complexity index is 1140. The van der Waals surface area contributed by atoms with Gasteiger partial charge in [0.05, 0.1) is 11.9 Å². The van der Waals surface area contributed by atoms with Crippen LogP contribution in [-0.2, 0) is 13.1 Å². The molecule has 0 aliphatic heterocycles. The minimum Gasteiger partial charge on any atom is -0.350 e. The lowest BCUT2D eigenvalue weighted by Crippen LogP contribution is -2.53. The first-order valence-electron chi connectivity index (χ1n) is 9.79. The summed E-state index contributed by atoms with van der Waals surface area (Å²) in [6, 6.07) is -1.18. The van der Waals surface area contributed by atoms with Crippen molar-refractivity contribution in [2.75, 3.05) is 0 Å². The van der Waals surface area contributed by atoms with Gasteiger partial charge in [0.15, 0.2) is 0 Å². The fraction of sp³-hybridized carbons (Fsp3) is 0.632. The average molecular weight is 462 g/mol. The van der Waals surface area contributed by atoms with Crippen LogP contribution in [0.2, 0.25) is 0 Å². The van der Waals surface area contributed by atoms with Gasteiger partial charge in [0.1, 0.15) is 11.4 Å². The predicted octanol–water partition coefficient (Wildman–Crippen LogP) is 2.86. The molecule has 0 aromatic carbocycles. The molecule has 2 aromatic rings. The van der Waals surface area contributed by atoms with Crippen molar-refractivity contribution in [3.05, 3.63) is 31.3 Å². The average Bonchev–Trinajstić information content (AvgIpc) is 3.20. The number of urea groups is 1. The van der Waals surface area contributed by atoms with Gasteiger partial charge in [0.2, 0.25) is 0 Å². The number of hydrazine groups is 1. The summed E-state index contributed by atoms with van der Waals surface area (Å²) in [6.07, 6.45) is -4.08. The van der Waals surface area contributed by atoms with Crippen molar-refractivity contribution in [1.82, 2.24) is 19.6 Å². The van der Waals surface area contributed by atoms with Crippen molar-refractivity contribution in [2.24, 2.45) is 11.7 Å². The van der Waals surface area contributed by atoms with Crippen LogP contribution in [0.3, 0.4) is 0 Å². The highest BCUT2D eigenvalue weighted by Crippen LogP contribution is 2.41. The van der Waals surface area contributed by atoms with E-state index in [4.69, 9.17) is 5.73 Å². The number of rotatable bonds is 5. The summed E-state index contributed by atoms with van der Waals surface area (Å²) in [5, 5.41) is 1.22. The number of hydrogen-bond donors (Lipinski definition) is 2. The van der Waals surface area contributed by atoms with Gasteiger partial charge in [-0.15, -0.1) is 11.3 Å². The standard InChI is InChI=1S/C19H26F3N5O3S/c1-9-6-11(9)27-14(28)13-10(2)12(7-26(16(23)29)24-18(3,4)5)31-15(13)25(17(27)30)8-19(20,21)22/h9,11,24H,6-8H2,1-5H3,(H2,23,29)/t9-,11-/m0/s1. The molecule has 31 heavy (non-hydrogen) atoms. The normalized spacial score (nSPS) is 19.1. The van der Waals surface area contributed by atoms with E-state index >= 15 is 0 Å². The van der Waals surface area contributed by atoms with E-state index < -0.39 is 41.6 Å². The van der Waals surface area contributed by atoms with Gasteiger partial charge < -0.3 is 5.73 Å². The third-order valence-electron chi connectivity index (χ3n) is 5.12. The van der Waals surface area contributed by atoms with Crippen LogP contribution in [0.25, 0.3) is 10.2 Å². The SMILES string of the molecule is Cc1c(CN(NC(C)(C)C)C(N)=O)sc2c1c(=O)n([C@H]1C[C@@H]1C)c(=O)n2CC(F)(F)F. The largest absolute Gasteiger partial charge is 0.406 e. The first kappa shape index (κ1) is 23.3. The molecule has 0 bridgehead atoms. The maximum atomic E-state index is 13.3. The van der Waals surface area contributed by atoms with Gasteiger partial charge in [-0.1, -0.05) is 6.92 Å². The number of nitrogens with one attached hydrogen (secondary N) is 1. The number of amides is 2. The minimum atomic E-state index is -4.64. The predicted molar refractivity (Wildman–Crippen MR) is 112 cm³/mol. The van der Waals surface area contributed by atoms with Crippen LogP contribution in [-0.4, -0.2) is 31.9 Å². The third-order valence-corrected chi connectivity index (χ3v) is 6.42. The van der Waals surface area contributed by atoms with E-state index in [-0.39, 0.29) is 22.7 Å². The highest BCUT2D eigenvalue weighted by Gasteiger charge is 2.39. The second-order valence-corrected chi connectivity index (χ2v) is 10.1. The Hall–Kier alpha value is -2.34. The van der Waals surface area contributed by atoms with E-state index in [9.17, 15) is 27.6 Å². The second-order valence-electron chi connectivity index (χ2n) is 9.06. The highest BCUT2D eigenvalue weighted by atomic mass is 32.1. The topological polar surface area (TPSA) is 102 Å². The van der Waals surface area contributed by atoms with Crippen LogP contribution in [0.1, 0.15) is 50.6 Å². The Morgan fingerprint density at radius 1 is 1.29 bits per heavy atom. The lowest BCUT2D eigenvalue weighted by molar-refractivity contribution is -0.140. The maximum Gasteiger partial charge on any atom is 0.406 e. The quantitative estimate of drug-likeness (QED) is 0.669. The van der Waals surface area contributed by atoms with Crippen molar-refractivity contribution in [3.8, 4) is 0 Å². The zero-order valence-electron chi connectivity index (χ0n) is 18.0. The van der Waals surface area contributed by atoms with E-state index in [2.05, 4.69) is 5.43 Å². The number of aromatic nitrogens is 2. The first-order valence-corrected chi connectivity index (χ1v) is 10.6.